The van der Waals surface area contributed by atoms with Gasteiger partial charge in [0.15, 0.2) is 0 Å². The van der Waals surface area contributed by atoms with E-state index in [-0.39, 0.29) is 11.9 Å². The van der Waals surface area contributed by atoms with E-state index in [4.69, 9.17) is 0 Å². The van der Waals surface area contributed by atoms with E-state index < -0.39 is 0 Å². The predicted molar refractivity (Wildman–Crippen MR) is 96.1 cm³/mol. The molecular formula is C19H17N3OS. The summed E-state index contributed by atoms with van der Waals surface area (Å²) in [6.07, 6.45) is 4.76. The van der Waals surface area contributed by atoms with E-state index in [9.17, 15) is 4.79 Å². The quantitative estimate of drug-likeness (QED) is 0.733. The van der Waals surface area contributed by atoms with Gasteiger partial charge in [-0.25, -0.2) is 4.98 Å². The van der Waals surface area contributed by atoms with Crippen molar-refractivity contribution in [2.75, 3.05) is 4.90 Å². The van der Waals surface area contributed by atoms with Crippen LogP contribution in [-0.2, 0) is 17.6 Å². The zero-order valence-electron chi connectivity index (χ0n) is 13.3. The minimum absolute atomic E-state index is 0.110. The molecule has 1 aromatic carbocycles. The Labute approximate surface area is 144 Å². The zero-order valence-corrected chi connectivity index (χ0v) is 14.2. The van der Waals surface area contributed by atoms with Gasteiger partial charge in [-0.1, -0.05) is 18.2 Å². The third kappa shape index (κ3) is 2.71. The summed E-state index contributed by atoms with van der Waals surface area (Å²) in [4.78, 5) is 23.4. The van der Waals surface area contributed by atoms with Crippen molar-refractivity contribution in [2.45, 2.75) is 25.8 Å². The maximum Gasteiger partial charge on any atom is 0.233 e. The number of anilines is 1. The number of nitrogens with zero attached hydrogens (tertiary/aromatic N) is 3. The smallest absolute Gasteiger partial charge is 0.233 e. The van der Waals surface area contributed by atoms with Crippen LogP contribution in [0.2, 0.25) is 0 Å². The average molecular weight is 335 g/mol. The summed E-state index contributed by atoms with van der Waals surface area (Å²) >= 11 is 1.56. The number of aromatic nitrogens is 2. The monoisotopic (exact) mass is 335 g/mol. The molecule has 3 heterocycles. The fourth-order valence-corrected chi connectivity index (χ4v) is 4.03. The summed E-state index contributed by atoms with van der Waals surface area (Å²) in [6, 6.07) is 12.2. The van der Waals surface area contributed by atoms with Crippen molar-refractivity contribution in [3.63, 3.8) is 0 Å². The molecule has 3 aromatic rings. The van der Waals surface area contributed by atoms with E-state index in [1.165, 1.54) is 5.56 Å². The summed E-state index contributed by atoms with van der Waals surface area (Å²) < 4.78 is 0. The standard InChI is InChI=1S/C19H17N3OS/c1-13-10-15-4-2-3-5-17(15)22(13)18(23)11-16-12-24-19(21-16)14-6-8-20-9-7-14/h2-9,12-13H,10-11H2,1H3/t13-/m0/s1. The van der Waals surface area contributed by atoms with Crippen LogP contribution in [0.1, 0.15) is 18.2 Å². The third-order valence-corrected chi connectivity index (χ3v) is 5.23. The highest BCUT2D eigenvalue weighted by Crippen LogP contribution is 2.32. The van der Waals surface area contributed by atoms with E-state index >= 15 is 0 Å². The summed E-state index contributed by atoms with van der Waals surface area (Å²) in [7, 11) is 0. The molecule has 4 nitrogen and oxygen atoms in total. The van der Waals surface area contributed by atoms with Crippen LogP contribution >= 0.6 is 11.3 Å². The van der Waals surface area contributed by atoms with Gasteiger partial charge >= 0.3 is 0 Å². The number of rotatable bonds is 3. The summed E-state index contributed by atoms with van der Waals surface area (Å²) in [5, 5.41) is 2.90. The molecule has 0 N–H and O–H groups in total. The van der Waals surface area contributed by atoms with Crippen LogP contribution in [0.5, 0.6) is 0 Å². The summed E-state index contributed by atoms with van der Waals surface area (Å²) in [5.41, 5.74) is 4.15. The van der Waals surface area contributed by atoms with Gasteiger partial charge in [-0.15, -0.1) is 11.3 Å². The molecule has 1 atom stereocenters. The molecule has 1 amide bonds. The van der Waals surface area contributed by atoms with Crippen molar-refractivity contribution >= 4 is 22.9 Å². The first kappa shape index (κ1) is 15.0. The van der Waals surface area contributed by atoms with Gasteiger partial charge in [0.05, 0.1) is 12.1 Å². The third-order valence-electron chi connectivity index (χ3n) is 4.29. The molecule has 120 valence electrons. The van der Waals surface area contributed by atoms with Gasteiger partial charge in [-0.3, -0.25) is 9.78 Å². The first-order valence-electron chi connectivity index (χ1n) is 7.97. The highest BCUT2D eigenvalue weighted by atomic mass is 32.1. The van der Waals surface area contributed by atoms with Crippen LogP contribution in [0, 0.1) is 0 Å². The lowest BCUT2D eigenvalue weighted by Gasteiger charge is -2.22. The van der Waals surface area contributed by atoms with E-state index in [1.54, 1.807) is 23.7 Å². The van der Waals surface area contributed by atoms with E-state index in [0.29, 0.717) is 6.42 Å². The lowest BCUT2D eigenvalue weighted by atomic mass is 10.1. The lowest BCUT2D eigenvalue weighted by molar-refractivity contribution is -0.118. The molecule has 0 unspecified atom stereocenters. The van der Waals surface area contributed by atoms with E-state index in [0.717, 1.165) is 28.4 Å². The number of para-hydroxylation sites is 1. The predicted octanol–water partition coefficient (Wildman–Crippen LogP) is 3.73. The molecule has 24 heavy (non-hydrogen) atoms. The van der Waals surface area contributed by atoms with E-state index in [1.807, 2.05) is 40.6 Å². The largest absolute Gasteiger partial charge is 0.309 e. The van der Waals surface area contributed by atoms with Gasteiger partial charge in [0, 0.05) is 35.1 Å². The lowest BCUT2D eigenvalue weighted by Crippen LogP contribution is -2.36. The van der Waals surface area contributed by atoms with Crippen molar-refractivity contribution < 1.29 is 4.79 Å². The SMILES string of the molecule is C[C@H]1Cc2ccccc2N1C(=O)Cc1csc(-c2ccncc2)n1. The van der Waals surface area contributed by atoms with Crippen molar-refractivity contribution in [3.05, 3.63) is 65.4 Å². The van der Waals surface area contributed by atoms with Crippen LogP contribution in [0.15, 0.2) is 54.2 Å². The van der Waals surface area contributed by atoms with Crippen LogP contribution in [0.25, 0.3) is 10.6 Å². The maximum absolute atomic E-state index is 12.8. The Kier molecular flexibility index (Phi) is 3.86. The number of carbonyl (C=O) groups excluding carboxylic acids is 1. The molecule has 0 saturated carbocycles. The molecule has 0 saturated heterocycles. The van der Waals surface area contributed by atoms with Crippen molar-refractivity contribution in [1.29, 1.82) is 0 Å². The molecule has 2 aromatic heterocycles. The summed E-state index contributed by atoms with van der Waals surface area (Å²) in [5.74, 6) is 0.110. The number of hydrogen-bond acceptors (Lipinski definition) is 4. The van der Waals surface area contributed by atoms with Gasteiger partial charge in [-0.2, -0.15) is 0 Å². The molecule has 0 bridgehead atoms. The number of thiazole rings is 1. The van der Waals surface area contributed by atoms with Crippen LogP contribution in [0.4, 0.5) is 5.69 Å². The zero-order chi connectivity index (χ0) is 16.5. The molecule has 5 heteroatoms. The first-order chi connectivity index (χ1) is 11.7. The number of hydrogen-bond donors (Lipinski definition) is 0. The Morgan fingerprint density at radius 2 is 2.04 bits per heavy atom. The van der Waals surface area contributed by atoms with Crippen molar-refractivity contribution in [3.8, 4) is 10.6 Å². The fourth-order valence-electron chi connectivity index (χ4n) is 3.20. The Balaban J connectivity index is 1.54. The number of fused-ring (bicyclic) bond motifs is 1. The van der Waals surface area contributed by atoms with Crippen molar-refractivity contribution in [1.82, 2.24) is 9.97 Å². The van der Waals surface area contributed by atoms with Crippen LogP contribution in [-0.4, -0.2) is 21.9 Å². The average Bonchev–Trinajstić information content (AvgIpc) is 3.19. The fraction of sp³-hybridized carbons (Fsp3) is 0.211. The Bertz CT molecular complexity index is 875. The topological polar surface area (TPSA) is 46.1 Å². The normalized spacial score (nSPS) is 16.2. The second-order valence-electron chi connectivity index (χ2n) is 6.00. The van der Waals surface area contributed by atoms with Gasteiger partial charge in [0.2, 0.25) is 5.91 Å². The van der Waals surface area contributed by atoms with Crippen LogP contribution in [0.3, 0.4) is 0 Å². The number of benzene rings is 1. The highest BCUT2D eigenvalue weighted by molar-refractivity contribution is 7.13. The molecule has 1 aliphatic heterocycles. The van der Waals surface area contributed by atoms with Gasteiger partial charge in [0.25, 0.3) is 0 Å². The summed E-state index contributed by atoms with van der Waals surface area (Å²) in [6.45, 7) is 2.10. The molecule has 0 spiro atoms. The molecule has 0 fully saturated rings. The van der Waals surface area contributed by atoms with Crippen molar-refractivity contribution in [2.24, 2.45) is 0 Å². The Morgan fingerprint density at radius 1 is 1.25 bits per heavy atom. The van der Waals surface area contributed by atoms with Crippen LogP contribution < -0.4 is 4.90 Å². The maximum atomic E-state index is 12.8. The molecular weight excluding hydrogens is 318 g/mol. The van der Waals surface area contributed by atoms with Gasteiger partial charge in [0.1, 0.15) is 5.01 Å². The molecule has 0 radical (unpaired) electrons. The minimum Gasteiger partial charge on any atom is -0.309 e. The number of pyridine rings is 1. The van der Waals surface area contributed by atoms with Gasteiger partial charge in [-0.05, 0) is 37.1 Å². The molecule has 1 aliphatic rings. The minimum atomic E-state index is 0.110. The van der Waals surface area contributed by atoms with Gasteiger partial charge < -0.3 is 4.90 Å². The first-order valence-corrected chi connectivity index (χ1v) is 8.85. The second kappa shape index (κ2) is 6.17. The number of amides is 1. The second-order valence-corrected chi connectivity index (χ2v) is 6.86. The molecule has 0 aliphatic carbocycles. The highest BCUT2D eigenvalue weighted by Gasteiger charge is 2.30. The Morgan fingerprint density at radius 3 is 2.88 bits per heavy atom. The van der Waals surface area contributed by atoms with E-state index in [2.05, 4.69) is 23.0 Å². The Hall–Kier alpha value is -2.53. The molecule has 4 rings (SSSR count). The number of carbonyl (C=O) groups is 1.